The zero-order valence-electron chi connectivity index (χ0n) is 11.5. The van der Waals surface area contributed by atoms with Gasteiger partial charge in [0.1, 0.15) is 0 Å². The molecule has 0 spiro atoms. The lowest BCUT2D eigenvalue weighted by Crippen LogP contribution is -1.93. The number of fused-ring (bicyclic) bond motifs is 3. The van der Waals surface area contributed by atoms with Crippen molar-refractivity contribution in [2.45, 2.75) is 45.4 Å². The minimum Gasteiger partial charge on any atom is -0.361 e. The van der Waals surface area contributed by atoms with Crippen LogP contribution in [-0.4, -0.2) is 4.98 Å². The molecule has 1 N–H and O–H groups in total. The van der Waals surface area contributed by atoms with Crippen LogP contribution in [0.1, 0.15) is 62.1 Å². The van der Waals surface area contributed by atoms with Crippen LogP contribution >= 0.6 is 0 Å². The van der Waals surface area contributed by atoms with Gasteiger partial charge in [-0.1, -0.05) is 32.9 Å². The van der Waals surface area contributed by atoms with E-state index in [1.54, 1.807) is 11.1 Å². The summed E-state index contributed by atoms with van der Waals surface area (Å²) in [6.45, 7) is 6.91. The first kappa shape index (κ1) is 11.6. The Hall–Kier alpha value is -1.50. The van der Waals surface area contributed by atoms with Crippen molar-refractivity contribution in [1.82, 2.24) is 4.98 Å². The quantitative estimate of drug-likeness (QED) is 0.741. The van der Waals surface area contributed by atoms with Crippen molar-refractivity contribution in [2.75, 3.05) is 0 Å². The topological polar surface area (TPSA) is 15.8 Å². The molecule has 0 bridgehead atoms. The highest BCUT2D eigenvalue weighted by Crippen LogP contribution is 2.46. The van der Waals surface area contributed by atoms with Crippen LogP contribution < -0.4 is 0 Å². The van der Waals surface area contributed by atoms with Gasteiger partial charge >= 0.3 is 0 Å². The highest BCUT2D eigenvalue weighted by molar-refractivity contribution is 5.88. The third-order valence-corrected chi connectivity index (χ3v) is 4.19. The van der Waals surface area contributed by atoms with E-state index in [1.165, 1.54) is 22.9 Å². The fraction of sp³-hybridized carbons (Fsp3) is 0.412. The van der Waals surface area contributed by atoms with Crippen LogP contribution in [0.2, 0.25) is 0 Å². The van der Waals surface area contributed by atoms with Crippen LogP contribution in [0.3, 0.4) is 0 Å². The molecule has 1 unspecified atom stereocenters. The van der Waals surface area contributed by atoms with Crippen molar-refractivity contribution in [3.63, 3.8) is 0 Å². The molecule has 1 aromatic heterocycles. The zero-order valence-corrected chi connectivity index (χ0v) is 11.5. The molecular formula is C17H21N. The number of nitrogens with one attached hydrogen (secondary N) is 1. The fourth-order valence-electron chi connectivity index (χ4n) is 3.48. The van der Waals surface area contributed by atoms with Crippen molar-refractivity contribution in [3.8, 4) is 0 Å². The van der Waals surface area contributed by atoms with Crippen LogP contribution in [0.4, 0.5) is 0 Å². The average Bonchev–Trinajstić information content (AvgIpc) is 2.91. The molecule has 0 radical (unpaired) electrons. The predicted octanol–water partition coefficient (Wildman–Crippen LogP) is 5.20. The van der Waals surface area contributed by atoms with Crippen molar-refractivity contribution in [3.05, 3.63) is 41.1 Å². The second-order valence-corrected chi connectivity index (χ2v) is 5.58. The van der Waals surface area contributed by atoms with Crippen LogP contribution in [0.25, 0.3) is 17.0 Å². The van der Waals surface area contributed by atoms with Gasteiger partial charge in [-0.05, 0) is 53.5 Å². The monoisotopic (exact) mass is 239 g/mol. The van der Waals surface area contributed by atoms with Gasteiger partial charge in [-0.2, -0.15) is 0 Å². The first-order chi connectivity index (χ1) is 8.72. The van der Waals surface area contributed by atoms with Crippen LogP contribution in [0, 0.1) is 0 Å². The lowest BCUT2D eigenvalue weighted by Gasteiger charge is -2.11. The second-order valence-electron chi connectivity index (χ2n) is 5.58. The Morgan fingerprint density at radius 1 is 1.28 bits per heavy atom. The highest BCUT2D eigenvalue weighted by Gasteiger charge is 2.29. The summed E-state index contributed by atoms with van der Waals surface area (Å²) >= 11 is 0. The predicted molar refractivity (Wildman–Crippen MR) is 79.1 cm³/mol. The number of aromatic nitrogens is 1. The van der Waals surface area contributed by atoms with Gasteiger partial charge in [-0.15, -0.1) is 0 Å². The van der Waals surface area contributed by atoms with Crippen LogP contribution in [-0.2, 0) is 0 Å². The minimum atomic E-state index is 0.672. The molecule has 18 heavy (non-hydrogen) atoms. The molecule has 0 saturated heterocycles. The molecule has 2 aromatic rings. The number of hydrogen-bond donors (Lipinski definition) is 1. The molecule has 0 fully saturated rings. The summed E-state index contributed by atoms with van der Waals surface area (Å²) < 4.78 is 0. The number of aromatic amines is 1. The summed E-state index contributed by atoms with van der Waals surface area (Å²) in [7, 11) is 0. The van der Waals surface area contributed by atoms with E-state index >= 15 is 0 Å². The van der Waals surface area contributed by atoms with Gasteiger partial charge in [0.2, 0.25) is 0 Å². The molecule has 1 heterocycles. The zero-order chi connectivity index (χ0) is 12.7. The summed E-state index contributed by atoms with van der Waals surface area (Å²) in [5.74, 6) is 1.35. The maximum atomic E-state index is 3.43. The normalized spacial score (nSPS) is 23.1. The Morgan fingerprint density at radius 2 is 2.06 bits per heavy atom. The first-order valence-corrected chi connectivity index (χ1v) is 7.02. The Balaban J connectivity index is 2.30. The lowest BCUT2D eigenvalue weighted by atomic mass is 9.94. The Morgan fingerprint density at radius 3 is 2.83 bits per heavy atom. The maximum absolute atomic E-state index is 3.43. The molecule has 1 heteroatoms. The number of H-pyrrole nitrogens is 1. The summed E-state index contributed by atoms with van der Waals surface area (Å²) in [5, 5.41) is 1.35. The van der Waals surface area contributed by atoms with E-state index in [2.05, 4.69) is 56.2 Å². The van der Waals surface area contributed by atoms with Gasteiger partial charge in [0.15, 0.2) is 0 Å². The number of hydrogen-bond acceptors (Lipinski definition) is 0. The standard InChI is InChI=1S/C17H21N/c1-4-5-6-13-10-14-7-8-18-17(14)16-12(3)9-11(2)15(13)16/h5-8,10-12,18H,4,9H2,1-3H3/b6-5+/t11?,12-/m0/s1. The van der Waals surface area contributed by atoms with E-state index in [-0.39, 0.29) is 0 Å². The smallest absolute Gasteiger partial charge is 0.0492 e. The van der Waals surface area contributed by atoms with Crippen LogP contribution in [0.5, 0.6) is 0 Å². The van der Waals surface area contributed by atoms with E-state index in [1.807, 2.05) is 0 Å². The minimum absolute atomic E-state index is 0.672. The SMILES string of the molecule is CC/C=C/c1cc2cc[nH]c2c2c1C(C)C[C@@H]2C. The van der Waals surface area contributed by atoms with Gasteiger partial charge in [0.05, 0.1) is 0 Å². The number of allylic oxidation sites excluding steroid dienone is 1. The average molecular weight is 239 g/mol. The third-order valence-electron chi connectivity index (χ3n) is 4.19. The van der Waals surface area contributed by atoms with E-state index in [9.17, 15) is 0 Å². The molecule has 94 valence electrons. The van der Waals surface area contributed by atoms with E-state index in [0.29, 0.717) is 11.8 Å². The van der Waals surface area contributed by atoms with E-state index in [0.717, 1.165) is 6.42 Å². The molecule has 0 aliphatic heterocycles. The van der Waals surface area contributed by atoms with Crippen molar-refractivity contribution >= 4 is 17.0 Å². The molecule has 0 saturated carbocycles. The second kappa shape index (κ2) is 4.31. The van der Waals surface area contributed by atoms with Crippen molar-refractivity contribution in [1.29, 1.82) is 0 Å². The molecule has 1 aliphatic rings. The van der Waals surface area contributed by atoms with Gasteiger partial charge < -0.3 is 4.98 Å². The molecule has 1 nitrogen and oxygen atoms in total. The lowest BCUT2D eigenvalue weighted by molar-refractivity contribution is 0.662. The molecule has 0 amide bonds. The molecule has 1 aromatic carbocycles. The number of benzene rings is 1. The van der Waals surface area contributed by atoms with Crippen molar-refractivity contribution < 1.29 is 0 Å². The summed E-state index contributed by atoms with van der Waals surface area (Å²) in [4.78, 5) is 3.43. The summed E-state index contributed by atoms with van der Waals surface area (Å²) in [6.07, 6.45) is 9.02. The van der Waals surface area contributed by atoms with E-state index < -0.39 is 0 Å². The summed E-state index contributed by atoms with van der Waals surface area (Å²) in [6, 6.07) is 4.53. The third kappa shape index (κ3) is 1.61. The fourth-order valence-corrected chi connectivity index (χ4v) is 3.48. The van der Waals surface area contributed by atoms with Gasteiger partial charge in [-0.3, -0.25) is 0 Å². The Bertz CT molecular complexity index is 603. The molecular weight excluding hydrogens is 218 g/mol. The van der Waals surface area contributed by atoms with Gasteiger partial charge in [0, 0.05) is 17.1 Å². The Kier molecular flexibility index (Phi) is 2.77. The van der Waals surface area contributed by atoms with E-state index in [4.69, 9.17) is 0 Å². The van der Waals surface area contributed by atoms with Crippen LogP contribution in [0.15, 0.2) is 24.4 Å². The maximum Gasteiger partial charge on any atom is 0.0492 e. The Labute approximate surface area is 109 Å². The van der Waals surface area contributed by atoms with Crippen molar-refractivity contribution in [2.24, 2.45) is 0 Å². The molecule has 2 atom stereocenters. The molecule has 1 aliphatic carbocycles. The van der Waals surface area contributed by atoms with Gasteiger partial charge in [0.25, 0.3) is 0 Å². The van der Waals surface area contributed by atoms with Gasteiger partial charge in [-0.25, -0.2) is 0 Å². The first-order valence-electron chi connectivity index (χ1n) is 7.02. The molecule has 3 rings (SSSR count). The number of rotatable bonds is 2. The largest absolute Gasteiger partial charge is 0.361 e. The summed E-state index contributed by atoms with van der Waals surface area (Å²) in [5.41, 5.74) is 5.91. The highest BCUT2D eigenvalue weighted by atomic mass is 14.7.